The van der Waals surface area contributed by atoms with Crippen LogP contribution < -0.4 is 10.1 Å². The van der Waals surface area contributed by atoms with Gasteiger partial charge in [-0.3, -0.25) is 4.99 Å². The molecule has 1 aromatic heterocycles. The van der Waals surface area contributed by atoms with Gasteiger partial charge in [0, 0.05) is 36.9 Å². The number of rotatable bonds is 5. The molecule has 0 radical (unpaired) electrons. The predicted molar refractivity (Wildman–Crippen MR) is 109 cm³/mol. The molecule has 0 spiro atoms. The largest absolute Gasteiger partial charge is 0.456 e. The first-order valence-electron chi connectivity index (χ1n) is 9.20. The molecule has 0 saturated heterocycles. The predicted octanol–water partition coefficient (Wildman–Crippen LogP) is 4.20. The zero-order chi connectivity index (χ0) is 17.9. The van der Waals surface area contributed by atoms with Gasteiger partial charge in [-0.15, -0.1) is 0 Å². The maximum absolute atomic E-state index is 5.97. The van der Waals surface area contributed by atoms with E-state index in [1.165, 1.54) is 10.7 Å². The molecule has 0 fully saturated rings. The van der Waals surface area contributed by atoms with Crippen LogP contribution in [0, 0.1) is 0 Å². The molecule has 6 heteroatoms. The number of nitrogens with zero attached hydrogens (tertiary/aromatic N) is 3. The zero-order valence-corrected chi connectivity index (χ0v) is 16.0. The monoisotopic (exact) mass is 368 g/mol. The van der Waals surface area contributed by atoms with E-state index in [1.807, 2.05) is 42.1 Å². The lowest BCUT2D eigenvalue weighted by Gasteiger charge is -2.19. The highest BCUT2D eigenvalue weighted by atomic mass is 32.2. The molecule has 3 heterocycles. The SMILES string of the molecule is CCN(CC)C1=NC(C2CNc3ncc(Oc4ccccc4)cc32)CS1. The van der Waals surface area contributed by atoms with Gasteiger partial charge >= 0.3 is 0 Å². The lowest BCUT2D eigenvalue weighted by molar-refractivity contribution is 0.470. The minimum absolute atomic E-state index is 0.290. The Hall–Kier alpha value is -2.21. The van der Waals surface area contributed by atoms with Crippen molar-refractivity contribution in [3.8, 4) is 11.5 Å². The number of thioether (sulfide) groups is 1. The Kier molecular flexibility index (Phi) is 5.02. The van der Waals surface area contributed by atoms with Gasteiger partial charge < -0.3 is 15.0 Å². The number of fused-ring (bicyclic) bond motifs is 1. The highest BCUT2D eigenvalue weighted by molar-refractivity contribution is 8.14. The zero-order valence-electron chi connectivity index (χ0n) is 15.2. The van der Waals surface area contributed by atoms with E-state index < -0.39 is 0 Å². The van der Waals surface area contributed by atoms with E-state index in [0.717, 1.165) is 42.7 Å². The molecule has 2 unspecified atom stereocenters. The second kappa shape index (κ2) is 7.58. The molecule has 1 N–H and O–H groups in total. The van der Waals surface area contributed by atoms with Crippen LogP contribution in [0.5, 0.6) is 11.5 Å². The molecule has 4 rings (SSSR count). The standard InChI is InChI=1S/C20H24N4OS/c1-3-24(4-2)20-23-18(13-26-20)17-12-22-19-16(17)10-15(11-21-19)25-14-8-6-5-7-9-14/h5-11,17-18H,3-4,12-13H2,1-2H3,(H,21,22). The van der Waals surface area contributed by atoms with Crippen molar-refractivity contribution in [2.24, 2.45) is 4.99 Å². The van der Waals surface area contributed by atoms with E-state index in [-0.39, 0.29) is 6.04 Å². The van der Waals surface area contributed by atoms with Crippen molar-refractivity contribution >= 4 is 22.7 Å². The van der Waals surface area contributed by atoms with Crippen molar-refractivity contribution in [2.75, 3.05) is 30.7 Å². The van der Waals surface area contributed by atoms with Gasteiger partial charge in [-0.05, 0) is 32.0 Å². The Morgan fingerprint density at radius 2 is 2.00 bits per heavy atom. The number of anilines is 1. The van der Waals surface area contributed by atoms with Crippen LogP contribution in [0.4, 0.5) is 5.82 Å². The number of benzene rings is 1. The summed E-state index contributed by atoms with van der Waals surface area (Å²) < 4.78 is 5.97. The third kappa shape index (κ3) is 3.38. The molecule has 0 saturated carbocycles. The molecule has 136 valence electrons. The number of hydrogen-bond acceptors (Lipinski definition) is 6. The topological polar surface area (TPSA) is 49.8 Å². The highest BCUT2D eigenvalue weighted by Crippen LogP contribution is 2.39. The van der Waals surface area contributed by atoms with E-state index in [0.29, 0.717) is 5.92 Å². The normalized spacial score (nSPS) is 21.1. The van der Waals surface area contributed by atoms with Crippen LogP contribution in [0.25, 0.3) is 0 Å². The first-order valence-corrected chi connectivity index (χ1v) is 10.2. The number of hydrogen-bond donors (Lipinski definition) is 1. The van der Waals surface area contributed by atoms with Crippen molar-refractivity contribution in [3.63, 3.8) is 0 Å². The van der Waals surface area contributed by atoms with Gasteiger partial charge in [0.2, 0.25) is 0 Å². The second-order valence-corrected chi connectivity index (χ2v) is 7.46. The lowest BCUT2D eigenvalue weighted by atomic mass is 9.96. The molecule has 0 bridgehead atoms. The first kappa shape index (κ1) is 17.2. The van der Waals surface area contributed by atoms with Crippen LogP contribution in [-0.2, 0) is 0 Å². The number of aliphatic imine (C=N–C) groups is 1. The molecular formula is C20H24N4OS. The third-order valence-corrected chi connectivity index (χ3v) is 6.05. The highest BCUT2D eigenvalue weighted by Gasteiger charge is 2.35. The fourth-order valence-electron chi connectivity index (χ4n) is 3.48. The molecular weight excluding hydrogens is 344 g/mol. The average Bonchev–Trinajstić information content (AvgIpc) is 3.30. The third-order valence-electron chi connectivity index (χ3n) is 4.92. The van der Waals surface area contributed by atoms with E-state index >= 15 is 0 Å². The summed E-state index contributed by atoms with van der Waals surface area (Å²) in [7, 11) is 0. The van der Waals surface area contributed by atoms with Gasteiger partial charge in [-0.25, -0.2) is 4.98 Å². The number of nitrogens with one attached hydrogen (secondary N) is 1. The molecule has 2 atom stereocenters. The Labute approximate surface area is 158 Å². The maximum Gasteiger partial charge on any atom is 0.159 e. The number of para-hydroxylation sites is 1. The molecule has 2 aliphatic heterocycles. The van der Waals surface area contributed by atoms with Crippen molar-refractivity contribution in [1.29, 1.82) is 0 Å². The summed E-state index contributed by atoms with van der Waals surface area (Å²) in [6.07, 6.45) is 1.79. The fraction of sp³-hybridized carbons (Fsp3) is 0.400. The minimum Gasteiger partial charge on any atom is -0.456 e. The number of amidine groups is 1. The van der Waals surface area contributed by atoms with Crippen molar-refractivity contribution < 1.29 is 4.74 Å². The van der Waals surface area contributed by atoms with Gasteiger partial charge in [0.25, 0.3) is 0 Å². The van der Waals surface area contributed by atoms with Crippen LogP contribution in [0.3, 0.4) is 0 Å². The summed E-state index contributed by atoms with van der Waals surface area (Å²) in [5, 5.41) is 4.61. The summed E-state index contributed by atoms with van der Waals surface area (Å²) >= 11 is 1.87. The van der Waals surface area contributed by atoms with Gasteiger partial charge in [0.15, 0.2) is 5.17 Å². The van der Waals surface area contributed by atoms with Gasteiger partial charge in [0.1, 0.15) is 17.3 Å². The quantitative estimate of drug-likeness (QED) is 0.857. The molecule has 1 aromatic carbocycles. The summed E-state index contributed by atoms with van der Waals surface area (Å²) in [5.74, 6) is 3.95. The summed E-state index contributed by atoms with van der Waals surface area (Å²) in [6.45, 7) is 7.26. The Morgan fingerprint density at radius 3 is 2.77 bits per heavy atom. The Bertz CT molecular complexity index is 792. The molecule has 2 aliphatic rings. The molecule has 2 aromatic rings. The number of pyridine rings is 1. The molecule has 5 nitrogen and oxygen atoms in total. The fourth-order valence-corrected chi connectivity index (χ4v) is 4.76. The lowest BCUT2D eigenvalue weighted by Crippen LogP contribution is -2.27. The summed E-state index contributed by atoms with van der Waals surface area (Å²) in [5.41, 5.74) is 1.22. The van der Waals surface area contributed by atoms with Crippen LogP contribution in [0.1, 0.15) is 25.3 Å². The molecule has 0 aliphatic carbocycles. The molecule has 0 amide bonds. The van der Waals surface area contributed by atoms with E-state index in [4.69, 9.17) is 9.73 Å². The Morgan fingerprint density at radius 1 is 1.19 bits per heavy atom. The first-order chi connectivity index (χ1) is 12.8. The maximum atomic E-state index is 5.97. The van der Waals surface area contributed by atoms with Gasteiger partial charge in [0.05, 0.1) is 12.2 Å². The van der Waals surface area contributed by atoms with E-state index in [1.54, 1.807) is 6.20 Å². The van der Waals surface area contributed by atoms with Crippen molar-refractivity contribution in [3.05, 3.63) is 48.2 Å². The van der Waals surface area contributed by atoms with Crippen LogP contribution in [0.2, 0.25) is 0 Å². The van der Waals surface area contributed by atoms with E-state index in [9.17, 15) is 0 Å². The van der Waals surface area contributed by atoms with E-state index in [2.05, 4.69) is 35.1 Å². The summed E-state index contributed by atoms with van der Waals surface area (Å²) in [6, 6.07) is 12.2. The van der Waals surface area contributed by atoms with Gasteiger partial charge in [-0.1, -0.05) is 30.0 Å². The van der Waals surface area contributed by atoms with Crippen molar-refractivity contribution in [1.82, 2.24) is 9.88 Å². The van der Waals surface area contributed by atoms with Crippen LogP contribution in [0.15, 0.2) is 47.6 Å². The van der Waals surface area contributed by atoms with Crippen LogP contribution >= 0.6 is 11.8 Å². The summed E-state index contributed by atoms with van der Waals surface area (Å²) in [4.78, 5) is 11.9. The molecule has 26 heavy (non-hydrogen) atoms. The number of ether oxygens (including phenoxy) is 1. The average molecular weight is 369 g/mol. The van der Waals surface area contributed by atoms with Crippen molar-refractivity contribution in [2.45, 2.75) is 25.8 Å². The number of aromatic nitrogens is 1. The smallest absolute Gasteiger partial charge is 0.159 e. The second-order valence-electron chi connectivity index (χ2n) is 6.47. The Balaban J connectivity index is 1.54. The van der Waals surface area contributed by atoms with Crippen LogP contribution in [-0.4, -0.2) is 46.5 Å². The van der Waals surface area contributed by atoms with Gasteiger partial charge in [-0.2, -0.15) is 0 Å². The minimum atomic E-state index is 0.290.